The molecule has 0 saturated heterocycles. The van der Waals surface area contributed by atoms with Gasteiger partial charge in [0, 0.05) is 15.9 Å². The van der Waals surface area contributed by atoms with Gasteiger partial charge in [-0.1, -0.05) is 12.1 Å². The second-order valence-electron chi connectivity index (χ2n) is 3.64. The predicted molar refractivity (Wildman–Crippen MR) is 84.9 cm³/mol. The molecule has 0 unspecified atom stereocenters. The van der Waals surface area contributed by atoms with E-state index in [2.05, 4.69) is 36.6 Å². The van der Waals surface area contributed by atoms with Crippen molar-refractivity contribution < 1.29 is 8.42 Å². The van der Waals surface area contributed by atoms with Crippen molar-refractivity contribution in [2.75, 3.05) is 4.72 Å². The highest BCUT2D eigenvalue weighted by Gasteiger charge is 2.21. The van der Waals surface area contributed by atoms with Gasteiger partial charge in [-0.05, 0) is 50.1 Å². The quantitative estimate of drug-likeness (QED) is 0.786. The molecule has 0 spiro atoms. The van der Waals surface area contributed by atoms with Gasteiger partial charge >= 0.3 is 0 Å². The number of sulfonamides is 1. The molecular weight excluding hydrogens is 416 g/mol. The molecule has 0 amide bonds. The van der Waals surface area contributed by atoms with Crippen LogP contribution in [0.1, 0.15) is 4.88 Å². The predicted octanol–water partition coefficient (Wildman–Crippen LogP) is 3.53. The molecule has 0 bridgehead atoms. The second-order valence-corrected chi connectivity index (χ2v) is 8.60. The lowest BCUT2D eigenvalue weighted by atomic mass is 10.3. The summed E-state index contributed by atoms with van der Waals surface area (Å²) < 4.78 is 28.4. The maximum atomic E-state index is 12.3. The number of nitrogens with two attached hydrogens (primary N) is 1. The Kier molecular flexibility index (Phi) is 4.67. The fourth-order valence-corrected chi connectivity index (χ4v) is 5.58. The lowest BCUT2D eigenvalue weighted by Crippen LogP contribution is -2.13. The number of halogens is 2. The van der Waals surface area contributed by atoms with Crippen molar-refractivity contribution in [2.45, 2.75) is 11.4 Å². The van der Waals surface area contributed by atoms with Crippen molar-refractivity contribution in [3.63, 3.8) is 0 Å². The molecule has 0 aliphatic heterocycles. The summed E-state index contributed by atoms with van der Waals surface area (Å²) in [4.78, 5) is 1.01. The molecule has 0 aliphatic carbocycles. The summed E-state index contributed by atoms with van der Waals surface area (Å²) in [5, 5.41) is 0. The van der Waals surface area contributed by atoms with Gasteiger partial charge in [-0.2, -0.15) is 0 Å². The molecule has 1 aromatic heterocycles. The molecule has 2 rings (SSSR count). The largest absolute Gasteiger partial charge is 0.326 e. The average molecular weight is 426 g/mol. The summed E-state index contributed by atoms with van der Waals surface area (Å²) >= 11 is 7.88. The van der Waals surface area contributed by atoms with Gasteiger partial charge in [0.1, 0.15) is 4.90 Å². The highest BCUT2D eigenvalue weighted by Crippen LogP contribution is 2.33. The highest BCUT2D eigenvalue weighted by atomic mass is 79.9. The number of rotatable bonds is 4. The van der Waals surface area contributed by atoms with Crippen LogP contribution in [0.4, 0.5) is 5.69 Å². The number of anilines is 1. The normalized spacial score (nSPS) is 11.5. The van der Waals surface area contributed by atoms with Crippen molar-refractivity contribution in [2.24, 2.45) is 5.73 Å². The first-order chi connectivity index (χ1) is 8.94. The number of hydrogen-bond donors (Lipinski definition) is 2. The molecule has 0 saturated carbocycles. The first-order valence-corrected chi connectivity index (χ1v) is 9.08. The minimum absolute atomic E-state index is 0.203. The maximum absolute atomic E-state index is 12.3. The van der Waals surface area contributed by atoms with Crippen molar-refractivity contribution in [3.8, 4) is 0 Å². The minimum Gasteiger partial charge on any atom is -0.326 e. The topological polar surface area (TPSA) is 72.2 Å². The van der Waals surface area contributed by atoms with Crippen LogP contribution in [0, 0.1) is 0 Å². The van der Waals surface area contributed by atoms with E-state index in [9.17, 15) is 8.42 Å². The van der Waals surface area contributed by atoms with Gasteiger partial charge in [0.2, 0.25) is 0 Å². The van der Waals surface area contributed by atoms with Crippen LogP contribution in [0.25, 0.3) is 0 Å². The molecule has 1 heterocycles. The molecule has 0 atom stereocenters. The van der Waals surface area contributed by atoms with Crippen LogP contribution in [0.2, 0.25) is 0 Å². The molecule has 0 fully saturated rings. The third kappa shape index (κ3) is 3.38. The summed E-state index contributed by atoms with van der Waals surface area (Å²) in [7, 11) is -3.63. The Morgan fingerprint density at radius 3 is 2.53 bits per heavy atom. The standard InChI is InChI=1S/C11H10Br2N2O2S2/c12-8-3-1-2-4-9(8)15-19(16,17)10-5-7(6-14)18-11(10)13/h1-5,15H,6,14H2. The lowest BCUT2D eigenvalue weighted by molar-refractivity contribution is 0.601. The summed E-state index contributed by atoms with van der Waals surface area (Å²) in [6, 6.07) is 8.61. The van der Waals surface area contributed by atoms with Crippen LogP contribution < -0.4 is 10.5 Å². The Balaban J connectivity index is 2.38. The van der Waals surface area contributed by atoms with Gasteiger partial charge in [0.15, 0.2) is 0 Å². The summed E-state index contributed by atoms with van der Waals surface area (Å²) in [5.41, 5.74) is 6.01. The fourth-order valence-electron chi connectivity index (χ4n) is 1.43. The third-order valence-corrected chi connectivity index (χ3v) is 6.65. The van der Waals surface area contributed by atoms with E-state index in [-0.39, 0.29) is 4.90 Å². The molecule has 8 heteroatoms. The van der Waals surface area contributed by atoms with E-state index in [0.717, 1.165) is 4.88 Å². The molecular formula is C11H10Br2N2O2S2. The van der Waals surface area contributed by atoms with Crippen molar-refractivity contribution in [1.29, 1.82) is 0 Å². The summed E-state index contributed by atoms with van der Waals surface area (Å²) in [6.07, 6.45) is 0. The molecule has 102 valence electrons. The molecule has 4 nitrogen and oxygen atoms in total. The zero-order valence-electron chi connectivity index (χ0n) is 9.56. The molecule has 0 aliphatic rings. The Morgan fingerprint density at radius 1 is 1.26 bits per heavy atom. The van der Waals surface area contributed by atoms with Crippen LogP contribution in [-0.2, 0) is 16.6 Å². The number of thiophene rings is 1. The summed E-state index contributed by atoms with van der Waals surface area (Å²) in [6.45, 7) is 0.313. The van der Waals surface area contributed by atoms with E-state index >= 15 is 0 Å². The first-order valence-electron chi connectivity index (χ1n) is 5.19. The zero-order chi connectivity index (χ0) is 14.0. The monoisotopic (exact) mass is 424 g/mol. The van der Waals surface area contributed by atoms with Crippen molar-refractivity contribution in [1.82, 2.24) is 0 Å². The average Bonchev–Trinajstić information content (AvgIpc) is 2.74. The molecule has 1 aromatic carbocycles. The van der Waals surface area contributed by atoms with Crippen LogP contribution in [0.3, 0.4) is 0 Å². The van der Waals surface area contributed by atoms with Crippen LogP contribution in [0.15, 0.2) is 43.5 Å². The molecule has 19 heavy (non-hydrogen) atoms. The first kappa shape index (κ1) is 15.0. The number of hydrogen-bond acceptors (Lipinski definition) is 4. The van der Waals surface area contributed by atoms with Crippen LogP contribution >= 0.6 is 43.2 Å². The number of nitrogens with one attached hydrogen (secondary N) is 1. The number of benzene rings is 1. The smallest absolute Gasteiger partial charge is 0.263 e. The Bertz CT molecular complexity index is 698. The molecule has 3 N–H and O–H groups in total. The maximum Gasteiger partial charge on any atom is 0.263 e. The van der Waals surface area contributed by atoms with E-state index in [1.807, 2.05) is 6.07 Å². The minimum atomic E-state index is -3.63. The zero-order valence-corrected chi connectivity index (χ0v) is 14.4. The van der Waals surface area contributed by atoms with E-state index in [0.29, 0.717) is 20.5 Å². The van der Waals surface area contributed by atoms with E-state index in [4.69, 9.17) is 5.73 Å². The number of para-hydroxylation sites is 1. The van der Waals surface area contributed by atoms with Gasteiger partial charge < -0.3 is 5.73 Å². The highest BCUT2D eigenvalue weighted by molar-refractivity contribution is 9.11. The lowest BCUT2D eigenvalue weighted by Gasteiger charge is -2.08. The molecule has 2 aromatic rings. The van der Waals surface area contributed by atoms with Gasteiger partial charge in [-0.3, -0.25) is 4.72 Å². The van der Waals surface area contributed by atoms with E-state index in [1.54, 1.807) is 24.3 Å². The Morgan fingerprint density at radius 2 is 1.95 bits per heavy atom. The van der Waals surface area contributed by atoms with Crippen LogP contribution in [-0.4, -0.2) is 8.42 Å². The Labute approximate surface area is 132 Å². The van der Waals surface area contributed by atoms with Crippen molar-refractivity contribution >= 4 is 58.9 Å². The van der Waals surface area contributed by atoms with E-state index in [1.165, 1.54) is 11.3 Å². The van der Waals surface area contributed by atoms with E-state index < -0.39 is 10.0 Å². The van der Waals surface area contributed by atoms with Crippen molar-refractivity contribution in [3.05, 3.63) is 43.5 Å². The molecule has 0 radical (unpaired) electrons. The van der Waals surface area contributed by atoms with Gasteiger partial charge in [0.25, 0.3) is 10.0 Å². The van der Waals surface area contributed by atoms with Gasteiger partial charge in [-0.25, -0.2) is 8.42 Å². The Hall–Kier alpha value is -0.410. The summed E-state index contributed by atoms with van der Waals surface area (Å²) in [5.74, 6) is 0. The van der Waals surface area contributed by atoms with Gasteiger partial charge in [-0.15, -0.1) is 11.3 Å². The fraction of sp³-hybridized carbons (Fsp3) is 0.0909. The SMILES string of the molecule is NCc1cc(S(=O)(=O)Nc2ccccc2Br)c(Br)s1. The van der Waals surface area contributed by atoms with Crippen LogP contribution in [0.5, 0.6) is 0 Å². The third-order valence-electron chi connectivity index (χ3n) is 2.32. The second kappa shape index (κ2) is 5.92. The van der Waals surface area contributed by atoms with Gasteiger partial charge in [0.05, 0.1) is 9.47 Å².